The fourth-order valence-electron chi connectivity index (χ4n) is 1.52. The maximum atomic E-state index is 4.56. The van der Waals surface area contributed by atoms with E-state index in [-0.39, 0.29) is 0 Å². The van der Waals surface area contributed by atoms with Gasteiger partial charge < -0.3 is 4.57 Å². The molecule has 0 saturated carbocycles. The summed E-state index contributed by atoms with van der Waals surface area (Å²) in [6.45, 7) is 2.10. The fourth-order valence-corrected chi connectivity index (χ4v) is 2.07. The number of fused-ring (bicyclic) bond motifs is 1. The number of hydrogen-bond acceptors (Lipinski definition) is 2. The van der Waals surface area contributed by atoms with Gasteiger partial charge in [0.25, 0.3) is 0 Å². The van der Waals surface area contributed by atoms with Crippen molar-refractivity contribution in [3.63, 3.8) is 0 Å². The zero-order valence-electron chi connectivity index (χ0n) is 8.03. The third-order valence-electron chi connectivity index (χ3n) is 2.25. The topological polar surface area (TPSA) is 17.8 Å². The molecule has 0 spiro atoms. The minimum atomic E-state index is 1.07. The van der Waals surface area contributed by atoms with E-state index in [0.29, 0.717) is 0 Å². The molecule has 1 aromatic heterocycles. The Morgan fingerprint density at radius 3 is 2.77 bits per heavy atom. The second-order valence-corrected chi connectivity index (χ2v) is 3.87. The monoisotopic (exact) mass is 192 g/mol. The van der Waals surface area contributed by atoms with Crippen LogP contribution in [0.2, 0.25) is 0 Å². The number of para-hydroxylation sites is 1. The molecular weight excluding hydrogens is 180 g/mol. The third-order valence-corrected chi connectivity index (χ3v) is 2.99. The van der Waals surface area contributed by atoms with Crippen LogP contribution in [0, 0.1) is 6.92 Å². The molecule has 0 fully saturated rings. The lowest BCUT2D eigenvalue weighted by Gasteiger charge is -1.97. The Kier molecular flexibility index (Phi) is 2.04. The number of aryl methyl sites for hydroxylation is 2. The highest BCUT2D eigenvalue weighted by atomic mass is 32.2. The molecule has 13 heavy (non-hydrogen) atoms. The molecule has 2 rings (SSSR count). The number of thioether (sulfide) groups is 1. The smallest absolute Gasteiger partial charge is 0.168 e. The number of hydrogen-bond donors (Lipinski definition) is 0. The number of benzene rings is 1. The minimum absolute atomic E-state index is 1.07. The highest BCUT2D eigenvalue weighted by molar-refractivity contribution is 7.98. The summed E-state index contributed by atoms with van der Waals surface area (Å²) in [6, 6.07) is 6.28. The van der Waals surface area contributed by atoms with Crippen molar-refractivity contribution in [2.75, 3.05) is 6.26 Å². The average Bonchev–Trinajstić information content (AvgIpc) is 2.45. The molecule has 0 bridgehead atoms. The first kappa shape index (κ1) is 8.63. The SMILES string of the molecule is CSc1nc2c(C)cccc2n1C. The van der Waals surface area contributed by atoms with Gasteiger partial charge in [-0.15, -0.1) is 0 Å². The van der Waals surface area contributed by atoms with E-state index in [1.165, 1.54) is 11.1 Å². The van der Waals surface area contributed by atoms with Gasteiger partial charge in [-0.1, -0.05) is 23.9 Å². The number of imidazole rings is 1. The summed E-state index contributed by atoms with van der Waals surface area (Å²) in [7, 11) is 2.06. The van der Waals surface area contributed by atoms with Crippen molar-refractivity contribution >= 4 is 22.8 Å². The predicted octanol–water partition coefficient (Wildman–Crippen LogP) is 2.60. The maximum Gasteiger partial charge on any atom is 0.168 e. The van der Waals surface area contributed by atoms with Crippen LogP contribution in [-0.2, 0) is 7.05 Å². The Morgan fingerprint density at radius 2 is 2.15 bits per heavy atom. The summed E-state index contributed by atoms with van der Waals surface area (Å²) in [5.74, 6) is 0. The number of nitrogens with zero attached hydrogens (tertiary/aromatic N) is 2. The van der Waals surface area contributed by atoms with Crippen LogP contribution in [0.25, 0.3) is 11.0 Å². The molecule has 3 heteroatoms. The van der Waals surface area contributed by atoms with Crippen molar-refractivity contribution in [3.05, 3.63) is 23.8 Å². The zero-order valence-corrected chi connectivity index (χ0v) is 8.85. The van der Waals surface area contributed by atoms with E-state index in [9.17, 15) is 0 Å². The second kappa shape index (κ2) is 3.07. The van der Waals surface area contributed by atoms with E-state index in [1.807, 2.05) is 0 Å². The van der Waals surface area contributed by atoms with Gasteiger partial charge in [-0.2, -0.15) is 0 Å². The summed E-state index contributed by atoms with van der Waals surface area (Å²) in [4.78, 5) is 4.56. The summed E-state index contributed by atoms with van der Waals surface area (Å²) in [6.07, 6.45) is 2.05. The van der Waals surface area contributed by atoms with Crippen LogP contribution in [0.1, 0.15) is 5.56 Å². The third kappa shape index (κ3) is 1.23. The van der Waals surface area contributed by atoms with Gasteiger partial charge in [-0.25, -0.2) is 4.98 Å². The molecule has 0 aliphatic rings. The first-order chi connectivity index (χ1) is 6.24. The normalized spacial score (nSPS) is 11.0. The van der Waals surface area contributed by atoms with Crippen LogP contribution in [0.15, 0.2) is 23.4 Å². The highest BCUT2D eigenvalue weighted by Gasteiger charge is 2.07. The lowest BCUT2D eigenvalue weighted by molar-refractivity contribution is 0.817. The largest absolute Gasteiger partial charge is 0.322 e. The van der Waals surface area contributed by atoms with Crippen LogP contribution in [0.3, 0.4) is 0 Å². The molecule has 0 amide bonds. The highest BCUT2D eigenvalue weighted by Crippen LogP contribution is 2.22. The van der Waals surface area contributed by atoms with Crippen molar-refractivity contribution in [2.45, 2.75) is 12.1 Å². The van der Waals surface area contributed by atoms with Gasteiger partial charge >= 0.3 is 0 Å². The summed E-state index contributed by atoms with van der Waals surface area (Å²) in [5.41, 5.74) is 3.58. The second-order valence-electron chi connectivity index (χ2n) is 3.10. The first-order valence-corrected chi connectivity index (χ1v) is 5.42. The van der Waals surface area contributed by atoms with Crippen LogP contribution < -0.4 is 0 Å². The van der Waals surface area contributed by atoms with Crippen molar-refractivity contribution in [3.8, 4) is 0 Å². The molecule has 0 radical (unpaired) electrons. The summed E-state index contributed by atoms with van der Waals surface area (Å²) < 4.78 is 2.13. The van der Waals surface area contributed by atoms with E-state index in [4.69, 9.17) is 0 Å². The predicted molar refractivity (Wildman–Crippen MR) is 57.2 cm³/mol. The molecule has 0 unspecified atom stereocenters. The van der Waals surface area contributed by atoms with Crippen LogP contribution >= 0.6 is 11.8 Å². The van der Waals surface area contributed by atoms with Gasteiger partial charge in [0.2, 0.25) is 0 Å². The number of aromatic nitrogens is 2. The Morgan fingerprint density at radius 1 is 1.38 bits per heavy atom. The fraction of sp³-hybridized carbons (Fsp3) is 0.300. The Labute approximate surface area is 82.0 Å². The lowest BCUT2D eigenvalue weighted by Crippen LogP contribution is -1.88. The average molecular weight is 192 g/mol. The Bertz CT molecular complexity index is 445. The maximum absolute atomic E-state index is 4.56. The van der Waals surface area contributed by atoms with Crippen LogP contribution in [-0.4, -0.2) is 15.8 Å². The molecule has 1 heterocycles. The van der Waals surface area contributed by atoms with Crippen molar-refractivity contribution in [1.29, 1.82) is 0 Å². The molecule has 2 nitrogen and oxygen atoms in total. The number of rotatable bonds is 1. The molecule has 0 aliphatic heterocycles. The molecule has 0 N–H and O–H groups in total. The van der Waals surface area contributed by atoms with E-state index in [1.54, 1.807) is 11.8 Å². The molecule has 68 valence electrons. The van der Waals surface area contributed by atoms with E-state index in [2.05, 4.69) is 48.0 Å². The molecule has 0 aliphatic carbocycles. The molecular formula is C10H12N2S. The van der Waals surface area contributed by atoms with E-state index in [0.717, 1.165) is 10.7 Å². The van der Waals surface area contributed by atoms with Crippen molar-refractivity contribution in [2.24, 2.45) is 7.05 Å². The standard InChI is InChI=1S/C10H12N2S/c1-7-5-4-6-8-9(7)11-10(13-3)12(8)2/h4-6H,1-3H3. The van der Waals surface area contributed by atoms with E-state index >= 15 is 0 Å². The summed E-state index contributed by atoms with van der Waals surface area (Å²) in [5, 5.41) is 1.07. The van der Waals surface area contributed by atoms with Gasteiger partial charge in [-0.3, -0.25) is 0 Å². The van der Waals surface area contributed by atoms with Gasteiger partial charge in [-0.05, 0) is 24.8 Å². The van der Waals surface area contributed by atoms with Gasteiger partial charge in [0.15, 0.2) is 5.16 Å². The zero-order chi connectivity index (χ0) is 9.42. The summed E-state index contributed by atoms with van der Waals surface area (Å²) >= 11 is 1.68. The quantitative estimate of drug-likeness (QED) is 0.646. The van der Waals surface area contributed by atoms with E-state index < -0.39 is 0 Å². The molecule has 2 aromatic rings. The molecule has 0 saturated heterocycles. The van der Waals surface area contributed by atoms with Crippen molar-refractivity contribution < 1.29 is 0 Å². The Balaban J connectivity index is 2.83. The van der Waals surface area contributed by atoms with Gasteiger partial charge in [0.05, 0.1) is 11.0 Å². The van der Waals surface area contributed by atoms with Crippen molar-refractivity contribution in [1.82, 2.24) is 9.55 Å². The lowest BCUT2D eigenvalue weighted by atomic mass is 10.2. The van der Waals surface area contributed by atoms with Crippen LogP contribution in [0.5, 0.6) is 0 Å². The first-order valence-electron chi connectivity index (χ1n) is 4.20. The Hall–Kier alpha value is -0.960. The minimum Gasteiger partial charge on any atom is -0.322 e. The van der Waals surface area contributed by atoms with Crippen LogP contribution in [0.4, 0.5) is 0 Å². The van der Waals surface area contributed by atoms with Gasteiger partial charge in [0, 0.05) is 7.05 Å². The van der Waals surface area contributed by atoms with Gasteiger partial charge in [0.1, 0.15) is 0 Å². The molecule has 0 atom stereocenters. The molecule has 1 aromatic carbocycles.